The average Bonchev–Trinajstić information content (AvgIpc) is 3.54. The minimum Gasteiger partial charge on any atom is -0.493 e. The van der Waals surface area contributed by atoms with Crippen LogP contribution in [0.1, 0.15) is 43.9 Å². The molecule has 0 unspecified atom stereocenters. The van der Waals surface area contributed by atoms with E-state index in [0.29, 0.717) is 16.5 Å². The number of pyridine rings is 1. The summed E-state index contributed by atoms with van der Waals surface area (Å²) in [4.78, 5) is 9.97. The van der Waals surface area contributed by atoms with E-state index in [0.717, 1.165) is 67.4 Å². The van der Waals surface area contributed by atoms with Crippen LogP contribution in [0.15, 0.2) is 59.5 Å². The molecule has 7 nitrogen and oxygen atoms in total. The lowest BCUT2D eigenvalue weighted by molar-refractivity contribution is 0.178. The Morgan fingerprint density at radius 3 is 2.44 bits per heavy atom. The molecule has 2 aromatic carbocycles. The topological polar surface area (TPSA) is 74.8 Å². The number of fused-ring (bicyclic) bond motifs is 2. The summed E-state index contributed by atoms with van der Waals surface area (Å²) in [7, 11) is -1.24. The molecular formula is C32H41ClN4O3S. The van der Waals surface area contributed by atoms with E-state index >= 15 is 0 Å². The first kappa shape index (κ1) is 29.8. The standard InChI is InChI=1S/C28H32ClN3O3S.C4H9N/c1-4-35-26-8-6-5-7-21(26)23-11-10-22-24(30-23)18-31(2)19-28(22)13-15-32(16-14-28)25-12-9-20(29)17-27(25)36(3,33)34;1-2-4-5-3-1/h5-12,17H,4,13-16,18-19H2,1-3H3;5H,1-4H2. The summed E-state index contributed by atoms with van der Waals surface area (Å²) in [5.41, 5.74) is 5.10. The Balaban J connectivity index is 0.000000610. The van der Waals surface area contributed by atoms with Crippen LogP contribution in [-0.2, 0) is 21.8 Å². The monoisotopic (exact) mass is 596 g/mol. The van der Waals surface area contributed by atoms with Gasteiger partial charge in [-0.3, -0.25) is 9.88 Å². The van der Waals surface area contributed by atoms with Crippen LogP contribution in [0.5, 0.6) is 5.75 Å². The van der Waals surface area contributed by atoms with Gasteiger partial charge < -0.3 is 15.0 Å². The van der Waals surface area contributed by atoms with E-state index in [1.54, 1.807) is 12.1 Å². The zero-order valence-corrected chi connectivity index (χ0v) is 25.9. The van der Waals surface area contributed by atoms with Crippen LogP contribution < -0.4 is 15.0 Å². The van der Waals surface area contributed by atoms with Crippen molar-refractivity contribution in [1.29, 1.82) is 0 Å². The molecule has 1 spiro atoms. The summed E-state index contributed by atoms with van der Waals surface area (Å²) in [6, 6.07) is 17.6. The number of benzene rings is 2. The number of sulfone groups is 1. The molecule has 0 aliphatic carbocycles. The van der Waals surface area contributed by atoms with Gasteiger partial charge in [0.15, 0.2) is 9.84 Å². The Kier molecular flexibility index (Phi) is 9.24. The lowest BCUT2D eigenvalue weighted by Crippen LogP contribution is -2.51. The van der Waals surface area contributed by atoms with Gasteiger partial charge >= 0.3 is 0 Å². The minimum absolute atomic E-state index is 0.0124. The molecule has 3 aliphatic rings. The van der Waals surface area contributed by atoms with Crippen molar-refractivity contribution in [2.45, 2.75) is 49.5 Å². The number of anilines is 1. The number of aromatic nitrogens is 1. The van der Waals surface area contributed by atoms with Crippen molar-refractivity contribution in [3.05, 3.63) is 70.9 Å². The molecule has 41 heavy (non-hydrogen) atoms. The highest BCUT2D eigenvalue weighted by Gasteiger charge is 2.42. The van der Waals surface area contributed by atoms with Crippen molar-refractivity contribution in [1.82, 2.24) is 15.2 Å². The van der Waals surface area contributed by atoms with E-state index < -0.39 is 9.84 Å². The number of likely N-dealkylation sites (N-methyl/N-ethyl adjacent to an activating group) is 1. The van der Waals surface area contributed by atoms with Crippen LogP contribution in [-0.4, -0.2) is 70.9 Å². The second-order valence-corrected chi connectivity index (χ2v) is 13.8. The Morgan fingerprint density at radius 1 is 1.05 bits per heavy atom. The van der Waals surface area contributed by atoms with Crippen molar-refractivity contribution < 1.29 is 13.2 Å². The van der Waals surface area contributed by atoms with Gasteiger partial charge in [0.2, 0.25) is 0 Å². The van der Waals surface area contributed by atoms with Crippen LogP contribution in [0.2, 0.25) is 5.02 Å². The third kappa shape index (κ3) is 6.72. The fourth-order valence-corrected chi connectivity index (χ4v) is 7.56. The predicted molar refractivity (Wildman–Crippen MR) is 167 cm³/mol. The second kappa shape index (κ2) is 12.7. The van der Waals surface area contributed by atoms with Gasteiger partial charge in [-0.25, -0.2) is 8.42 Å². The number of hydrogen-bond acceptors (Lipinski definition) is 7. The number of rotatable bonds is 5. The minimum atomic E-state index is -3.39. The summed E-state index contributed by atoms with van der Waals surface area (Å²) in [5, 5.41) is 3.66. The summed E-state index contributed by atoms with van der Waals surface area (Å²) in [6.07, 6.45) is 5.87. The zero-order valence-electron chi connectivity index (χ0n) is 24.3. The van der Waals surface area contributed by atoms with E-state index in [-0.39, 0.29) is 5.41 Å². The summed E-state index contributed by atoms with van der Waals surface area (Å²) < 4.78 is 30.8. The maximum Gasteiger partial charge on any atom is 0.177 e. The highest BCUT2D eigenvalue weighted by atomic mass is 35.5. The first-order valence-electron chi connectivity index (χ1n) is 14.6. The molecule has 1 aromatic heterocycles. The summed E-state index contributed by atoms with van der Waals surface area (Å²) in [6.45, 7) is 8.41. The first-order valence-corrected chi connectivity index (χ1v) is 16.8. The van der Waals surface area contributed by atoms with Gasteiger partial charge in [0.25, 0.3) is 0 Å². The molecule has 220 valence electrons. The first-order chi connectivity index (χ1) is 19.7. The lowest BCUT2D eigenvalue weighted by Gasteiger charge is -2.48. The van der Waals surface area contributed by atoms with Gasteiger partial charge in [-0.05, 0) is 94.7 Å². The number of hydrogen-bond donors (Lipinski definition) is 1. The molecule has 0 amide bonds. The molecule has 0 atom stereocenters. The molecule has 3 aliphatic heterocycles. The predicted octanol–water partition coefficient (Wildman–Crippen LogP) is 5.56. The number of ether oxygens (including phenoxy) is 1. The van der Waals surface area contributed by atoms with E-state index in [2.05, 4.69) is 40.4 Å². The van der Waals surface area contributed by atoms with Gasteiger partial charge in [0, 0.05) is 48.4 Å². The molecule has 0 saturated carbocycles. The summed E-state index contributed by atoms with van der Waals surface area (Å²) in [5.74, 6) is 0.851. The van der Waals surface area contributed by atoms with E-state index in [1.807, 2.05) is 31.2 Å². The van der Waals surface area contributed by atoms with Crippen LogP contribution in [0, 0.1) is 0 Å². The Bertz CT molecular complexity index is 1460. The molecule has 4 heterocycles. The van der Waals surface area contributed by atoms with Crippen molar-refractivity contribution in [2.75, 3.05) is 57.5 Å². The number of piperidine rings is 1. The van der Waals surface area contributed by atoms with Crippen LogP contribution in [0.25, 0.3) is 11.3 Å². The van der Waals surface area contributed by atoms with Gasteiger partial charge in [-0.1, -0.05) is 29.8 Å². The fourth-order valence-electron chi connectivity index (χ4n) is 6.40. The molecule has 1 N–H and O–H groups in total. The van der Waals surface area contributed by atoms with E-state index in [9.17, 15) is 8.42 Å². The maximum absolute atomic E-state index is 12.5. The molecular weight excluding hydrogens is 556 g/mol. The van der Waals surface area contributed by atoms with Gasteiger partial charge in [-0.2, -0.15) is 0 Å². The third-order valence-electron chi connectivity index (χ3n) is 8.34. The highest BCUT2D eigenvalue weighted by Crippen LogP contribution is 2.43. The molecule has 9 heteroatoms. The van der Waals surface area contributed by atoms with Crippen LogP contribution in [0.3, 0.4) is 0 Å². The number of nitrogens with zero attached hydrogens (tertiary/aromatic N) is 3. The Labute approximate surface area is 249 Å². The smallest absolute Gasteiger partial charge is 0.177 e. The average molecular weight is 597 g/mol. The SMILES string of the molecule is C1CCNC1.CCOc1ccccc1-c1ccc2c(n1)CN(C)CC21CCN(c2ccc(Cl)cc2S(C)(=O)=O)CC1. The van der Waals surface area contributed by atoms with E-state index in [4.69, 9.17) is 21.3 Å². The van der Waals surface area contributed by atoms with Gasteiger partial charge in [0.1, 0.15) is 5.75 Å². The van der Waals surface area contributed by atoms with E-state index in [1.165, 1.54) is 37.8 Å². The van der Waals surface area contributed by atoms with Crippen molar-refractivity contribution in [3.63, 3.8) is 0 Å². The number of nitrogens with one attached hydrogen (secondary N) is 1. The molecule has 6 rings (SSSR count). The highest BCUT2D eigenvalue weighted by molar-refractivity contribution is 7.90. The van der Waals surface area contributed by atoms with Crippen molar-refractivity contribution in [2.24, 2.45) is 0 Å². The maximum atomic E-state index is 12.5. The fraction of sp³-hybridized carbons (Fsp3) is 0.469. The Hall–Kier alpha value is -2.65. The van der Waals surface area contributed by atoms with Gasteiger partial charge in [0.05, 0.1) is 28.6 Å². The molecule has 0 radical (unpaired) electrons. The van der Waals surface area contributed by atoms with Crippen molar-refractivity contribution in [3.8, 4) is 17.0 Å². The van der Waals surface area contributed by atoms with Crippen LogP contribution in [0.4, 0.5) is 5.69 Å². The molecule has 3 aromatic rings. The normalized spacial score (nSPS) is 18.5. The summed E-state index contributed by atoms with van der Waals surface area (Å²) >= 11 is 6.13. The molecule has 0 bridgehead atoms. The Morgan fingerprint density at radius 2 is 1.78 bits per heavy atom. The molecule has 2 saturated heterocycles. The third-order valence-corrected chi connectivity index (χ3v) is 9.70. The second-order valence-electron chi connectivity index (χ2n) is 11.4. The lowest BCUT2D eigenvalue weighted by atomic mass is 9.70. The molecule has 2 fully saturated rings. The largest absolute Gasteiger partial charge is 0.493 e. The van der Waals surface area contributed by atoms with Crippen molar-refractivity contribution >= 4 is 27.1 Å². The van der Waals surface area contributed by atoms with Crippen LogP contribution >= 0.6 is 11.6 Å². The number of para-hydroxylation sites is 1. The number of halogens is 1. The quantitative estimate of drug-likeness (QED) is 0.413. The zero-order chi connectivity index (χ0) is 29.0. The van der Waals surface area contributed by atoms with Gasteiger partial charge in [-0.15, -0.1) is 0 Å².